The summed E-state index contributed by atoms with van der Waals surface area (Å²) in [5.74, 6) is -8.85. The molecule has 0 bridgehead atoms. The van der Waals surface area contributed by atoms with Gasteiger partial charge in [0.1, 0.15) is 59.9 Å². The lowest BCUT2D eigenvalue weighted by Crippen LogP contribution is -2.65. The number of halogens is 4. The third-order valence-electron chi connectivity index (χ3n) is 23.5. The van der Waals surface area contributed by atoms with Crippen LogP contribution < -0.4 is 16.0 Å². The Kier molecular flexibility index (Phi) is 27.8. The topological polar surface area (TPSA) is 270 Å². The third kappa shape index (κ3) is 18.5. The monoisotopic (exact) mass is 1450 g/mol. The predicted octanol–water partition coefficient (Wildman–Crippen LogP) is 6.56. The van der Waals surface area contributed by atoms with Crippen LogP contribution in [0, 0.1) is 23.7 Å². The third-order valence-corrected chi connectivity index (χ3v) is 23.8. The number of nitrogens with zero attached hydrogens (tertiary/aromatic N) is 9. The number of likely N-dealkylation sites (tertiary alicyclic amines) is 1. The number of carbonyl (C=O) groups is 12. The van der Waals surface area contributed by atoms with Crippen LogP contribution in [0.5, 0.6) is 0 Å². The van der Waals surface area contributed by atoms with Crippen LogP contribution in [0.25, 0.3) is 0 Å². The Morgan fingerprint density at radius 1 is 0.627 bits per heavy atom. The Labute approximate surface area is 604 Å². The van der Waals surface area contributed by atoms with E-state index in [9.17, 15) is 27.6 Å². The smallest absolute Gasteiger partial charge is 0.343 e. The van der Waals surface area contributed by atoms with E-state index in [1.807, 2.05) is 6.92 Å². The summed E-state index contributed by atoms with van der Waals surface area (Å²) in [7, 11) is 8.74. The first kappa shape index (κ1) is 80.6. The van der Waals surface area contributed by atoms with E-state index in [1.54, 1.807) is 32.6 Å². The first-order chi connectivity index (χ1) is 48.2. The van der Waals surface area contributed by atoms with Gasteiger partial charge in [0.05, 0.1) is 23.6 Å². The molecule has 1 aromatic carbocycles. The molecule has 4 aliphatic heterocycles. The van der Waals surface area contributed by atoms with E-state index in [-0.39, 0.29) is 69.9 Å². The fourth-order valence-corrected chi connectivity index (χ4v) is 17.1. The minimum atomic E-state index is -4.76. The van der Waals surface area contributed by atoms with Crippen LogP contribution in [0.4, 0.5) is 13.2 Å². The number of likely N-dealkylation sites (N-methyl/N-ethyl adjacent to an activating group) is 6. The van der Waals surface area contributed by atoms with Crippen molar-refractivity contribution in [3.05, 3.63) is 34.3 Å². The Morgan fingerprint density at radius 2 is 1.25 bits per heavy atom. The van der Waals surface area contributed by atoms with Gasteiger partial charge in [0.15, 0.2) is 0 Å². The number of aryl methyl sites for hydroxylation is 1. The Bertz CT molecular complexity index is 3230. The summed E-state index contributed by atoms with van der Waals surface area (Å²) in [6.45, 7) is 9.02. The van der Waals surface area contributed by atoms with Gasteiger partial charge >= 0.3 is 6.18 Å². The second-order valence-corrected chi connectivity index (χ2v) is 31.1. The summed E-state index contributed by atoms with van der Waals surface area (Å²) in [5, 5.41) is 8.28. The highest BCUT2D eigenvalue weighted by atomic mass is 35.5. The lowest BCUT2D eigenvalue weighted by Gasteiger charge is -2.45. The van der Waals surface area contributed by atoms with Crippen molar-refractivity contribution in [1.82, 2.24) is 60.0 Å². The zero-order chi connectivity index (χ0) is 74.8. The highest BCUT2D eigenvalue weighted by Crippen LogP contribution is 2.38. The van der Waals surface area contributed by atoms with Crippen molar-refractivity contribution in [2.75, 3.05) is 75.0 Å². The van der Waals surface area contributed by atoms with E-state index in [2.05, 4.69) is 16.0 Å². The summed E-state index contributed by atoms with van der Waals surface area (Å²) >= 11 is 6.17. The molecule has 7 fully saturated rings. The van der Waals surface area contributed by atoms with Crippen molar-refractivity contribution >= 4 is 82.5 Å². The van der Waals surface area contributed by atoms with Gasteiger partial charge in [-0.1, -0.05) is 116 Å². The van der Waals surface area contributed by atoms with Crippen LogP contribution in [0.2, 0.25) is 5.02 Å². The van der Waals surface area contributed by atoms with Crippen molar-refractivity contribution < 1.29 is 70.7 Å². The molecule has 4 heterocycles. The van der Waals surface area contributed by atoms with Gasteiger partial charge in [0.2, 0.25) is 70.9 Å². The van der Waals surface area contributed by atoms with Crippen LogP contribution in [0.15, 0.2) is 18.2 Å². The van der Waals surface area contributed by atoms with E-state index >= 15 is 43.2 Å². The molecule has 0 unspecified atom stereocenters. The molecule has 1 spiro atoms. The molecule has 24 nitrogen and oxygen atoms in total. The van der Waals surface area contributed by atoms with Crippen molar-refractivity contribution in [3.63, 3.8) is 0 Å². The minimum absolute atomic E-state index is 0.0250. The molecule has 3 saturated carbocycles. The van der Waals surface area contributed by atoms with Crippen molar-refractivity contribution in [3.8, 4) is 0 Å². The van der Waals surface area contributed by atoms with Gasteiger partial charge in [0.25, 0.3) is 0 Å². The average Bonchev–Trinajstić information content (AvgIpc) is 1.66. The lowest BCUT2D eigenvalue weighted by molar-refractivity contribution is -0.160. The number of rotatable bonds is 10. The number of alkyl halides is 3. The highest BCUT2D eigenvalue weighted by molar-refractivity contribution is 6.31. The van der Waals surface area contributed by atoms with Gasteiger partial charge in [-0.05, 0) is 132 Å². The van der Waals surface area contributed by atoms with Gasteiger partial charge in [-0.25, -0.2) is 0 Å². The second-order valence-electron chi connectivity index (χ2n) is 30.7. The fraction of sp³-hybridized carbons (Fsp3) is 0.757. The van der Waals surface area contributed by atoms with Crippen molar-refractivity contribution in [2.24, 2.45) is 23.7 Å². The van der Waals surface area contributed by atoms with Gasteiger partial charge < -0.3 is 60.0 Å². The minimum Gasteiger partial charge on any atom is -0.343 e. The maximum absolute atomic E-state index is 15.5. The SMILES string of the molecule is CC[C@H](C)[C@@H]1NC(=O)[C@H](C2CCCCC2)N(C)C(=O)C[C@@H](C(=O)N2CCCCC2)N(C)C(=O)[C@H](C(C)C)N(C)C(=O)C2(CCCC2)NC(=O)[C@@H]2CCCN2C(=O)[C@H](CCc2ccc(C(F)(F)F)c(Cl)c2)NC(=O)CN(C)C(=O)[C@H](CC2CCCCC2)N(C)C(=O)[C@@H]2CCN2C(=O)[C@H](C)N(C)C1=O. The molecule has 28 heteroatoms. The Balaban J connectivity index is 1.18. The molecule has 3 aliphatic carbocycles. The summed E-state index contributed by atoms with van der Waals surface area (Å²) in [4.78, 5) is 193. The zero-order valence-corrected chi connectivity index (χ0v) is 62.6. The average molecular weight is 1450 g/mol. The van der Waals surface area contributed by atoms with Crippen molar-refractivity contribution in [1.29, 1.82) is 0 Å². The van der Waals surface area contributed by atoms with Crippen LogP contribution in [0.3, 0.4) is 0 Å². The maximum atomic E-state index is 15.5. The molecule has 1 aromatic rings. The maximum Gasteiger partial charge on any atom is 0.417 e. The molecule has 4 saturated heterocycles. The second kappa shape index (κ2) is 35.1. The molecule has 7 aliphatic rings. The van der Waals surface area contributed by atoms with E-state index < -0.39 is 172 Å². The quantitative estimate of drug-likeness (QED) is 0.225. The zero-order valence-electron chi connectivity index (χ0n) is 61.9. The number of benzene rings is 1. The first-order valence-corrected chi connectivity index (χ1v) is 37.9. The number of hydrogen-bond donors (Lipinski definition) is 3. The normalized spacial score (nSPS) is 28.5. The fourth-order valence-electron chi connectivity index (χ4n) is 16.8. The van der Waals surface area contributed by atoms with Crippen LogP contribution >= 0.6 is 11.6 Å². The summed E-state index contributed by atoms with van der Waals surface area (Å²) in [6, 6.07) is -7.72. The number of piperidine rings is 1. The molecule has 568 valence electrons. The van der Waals surface area contributed by atoms with Crippen LogP contribution in [-0.4, -0.2) is 250 Å². The van der Waals surface area contributed by atoms with Gasteiger partial charge in [-0.2, -0.15) is 13.2 Å². The number of amides is 12. The molecule has 8 rings (SSSR count). The van der Waals surface area contributed by atoms with E-state index in [0.29, 0.717) is 70.0 Å². The molecule has 12 amide bonds. The molecule has 0 radical (unpaired) electrons. The molecule has 102 heavy (non-hydrogen) atoms. The van der Waals surface area contributed by atoms with E-state index in [4.69, 9.17) is 11.6 Å². The molecule has 0 aromatic heterocycles. The molecule has 10 atom stereocenters. The van der Waals surface area contributed by atoms with Gasteiger partial charge in [-0.15, -0.1) is 0 Å². The molecular formula is C74H112ClF3N12O12. The summed E-state index contributed by atoms with van der Waals surface area (Å²) in [5.41, 5.74) is -2.35. The predicted molar refractivity (Wildman–Crippen MR) is 376 cm³/mol. The van der Waals surface area contributed by atoms with Crippen LogP contribution in [0.1, 0.15) is 200 Å². The Hall–Kier alpha value is -7.06. The number of fused-ring (bicyclic) bond motifs is 2. The van der Waals surface area contributed by atoms with E-state index in [1.165, 1.54) is 82.7 Å². The first-order valence-electron chi connectivity index (χ1n) is 37.5. The van der Waals surface area contributed by atoms with Gasteiger partial charge in [0, 0.05) is 68.5 Å². The number of nitrogens with one attached hydrogen (secondary N) is 3. The number of hydrogen-bond acceptors (Lipinski definition) is 12. The molecular weight excluding hydrogens is 1340 g/mol. The van der Waals surface area contributed by atoms with Gasteiger partial charge in [-0.3, -0.25) is 57.5 Å². The largest absolute Gasteiger partial charge is 0.417 e. The van der Waals surface area contributed by atoms with Crippen LogP contribution in [-0.2, 0) is 70.1 Å². The lowest BCUT2D eigenvalue weighted by atomic mass is 9.82. The summed E-state index contributed by atoms with van der Waals surface area (Å²) in [6.07, 6.45) is 7.35. The molecule has 3 N–H and O–H groups in total. The van der Waals surface area contributed by atoms with E-state index in [0.717, 1.165) is 74.8 Å². The highest BCUT2D eigenvalue weighted by Gasteiger charge is 2.52. The summed E-state index contributed by atoms with van der Waals surface area (Å²) < 4.78 is 41.7. The number of carbonyl (C=O) groups excluding carboxylic acids is 12. The Morgan fingerprint density at radius 3 is 1.83 bits per heavy atom. The standard InChI is InChI=1S/C74H112ClF3N12O12/c1-12-46(4)60-70(100)83(7)47(5)65(95)90-40-34-55(90)68(98)84(8)56(42-48-25-16-13-17-26-48)67(97)82(6)44-58(91)79-53(33-31-49-30-32-51(52(75)41-49)74(76,77)78)66(96)89-39-24-29-54(89)63(93)81-73(35-20-21-36-73)72(102)87(11)61(45(2)3)71(101)85(9)57(69(99)88-37-22-15-23-38-88)43-59(92)86(10)62(64(94)80-60)50-27-18-14-19-28-50/h30,32,41,45-48,50,53-57,60-62H,12-29,31,33-40,42-44H2,1-11H3,(H,79,91)(H,80,94)(H,81,93)/t46-,47-,53-,54-,55-,56-,57-,60-,61-,62-/m0/s1. The van der Waals surface area contributed by atoms with Crippen molar-refractivity contribution in [2.45, 2.75) is 261 Å².